The Kier molecular flexibility index (Phi) is 5.32. The second kappa shape index (κ2) is 7.66. The van der Waals surface area contributed by atoms with Gasteiger partial charge >= 0.3 is 0 Å². The van der Waals surface area contributed by atoms with Crippen molar-refractivity contribution in [2.75, 3.05) is 27.9 Å². The van der Waals surface area contributed by atoms with Crippen LogP contribution in [0.5, 0.6) is 23.0 Å². The van der Waals surface area contributed by atoms with Crippen LogP contribution in [0.1, 0.15) is 17.2 Å². The van der Waals surface area contributed by atoms with Crippen LogP contribution in [-0.4, -0.2) is 38.8 Å². The summed E-state index contributed by atoms with van der Waals surface area (Å²) in [5.41, 5.74) is 1.66. The van der Waals surface area contributed by atoms with E-state index in [1.807, 2.05) is 18.2 Å². The van der Waals surface area contributed by atoms with Crippen LogP contribution >= 0.6 is 0 Å². The molecular weight excluding hydrogens is 336 g/mol. The molecule has 0 saturated carbocycles. The number of carbonyl (C=O) groups excluding carboxylic acids is 1. The van der Waals surface area contributed by atoms with Gasteiger partial charge in [0.2, 0.25) is 0 Å². The number of methoxy groups -OCH3 is 3. The van der Waals surface area contributed by atoms with E-state index in [0.29, 0.717) is 35.8 Å². The molecule has 138 valence electrons. The Balaban J connectivity index is 1.75. The van der Waals surface area contributed by atoms with Crippen molar-refractivity contribution in [3.05, 3.63) is 47.5 Å². The Morgan fingerprint density at radius 2 is 1.73 bits per heavy atom. The minimum Gasteiger partial charge on any atom is -0.504 e. The molecule has 2 aromatic rings. The largest absolute Gasteiger partial charge is 0.504 e. The molecule has 0 bridgehead atoms. The van der Waals surface area contributed by atoms with Crippen LogP contribution in [0, 0.1) is 5.92 Å². The third-order valence-electron chi connectivity index (χ3n) is 4.56. The van der Waals surface area contributed by atoms with Crippen LogP contribution in [0.25, 0.3) is 0 Å². The van der Waals surface area contributed by atoms with E-state index in [4.69, 9.17) is 18.9 Å². The maximum absolute atomic E-state index is 12.8. The second-order valence-corrected chi connectivity index (χ2v) is 6.14. The molecule has 2 aromatic carbocycles. The summed E-state index contributed by atoms with van der Waals surface area (Å²) >= 11 is 0. The number of aromatic hydroxyl groups is 1. The Labute approximate surface area is 152 Å². The van der Waals surface area contributed by atoms with Gasteiger partial charge in [0.25, 0.3) is 0 Å². The van der Waals surface area contributed by atoms with Gasteiger partial charge in [-0.2, -0.15) is 0 Å². The van der Waals surface area contributed by atoms with Gasteiger partial charge in [0.05, 0.1) is 27.9 Å². The fourth-order valence-corrected chi connectivity index (χ4v) is 3.16. The molecule has 1 saturated heterocycles. The number of carbonyl (C=O) groups is 1. The summed E-state index contributed by atoms with van der Waals surface area (Å²) in [5.74, 6) is 1.42. The standard InChI is InChI=1S/C20H22O6/c1-23-16-7-4-12(9-18(16)25-3)8-14-11-26-20(19(14)22)13-5-6-15(21)17(10-13)24-2/h4-7,9-10,14,20-21H,8,11H2,1-3H3. The molecule has 6 nitrogen and oxygen atoms in total. The number of ether oxygens (including phenoxy) is 4. The molecule has 1 N–H and O–H groups in total. The molecule has 1 heterocycles. The highest BCUT2D eigenvalue weighted by Gasteiger charge is 2.36. The van der Waals surface area contributed by atoms with Gasteiger partial charge in [0.1, 0.15) is 6.10 Å². The zero-order valence-electron chi connectivity index (χ0n) is 15.0. The van der Waals surface area contributed by atoms with Gasteiger partial charge in [0.15, 0.2) is 28.8 Å². The normalized spacial score (nSPS) is 19.4. The first-order chi connectivity index (χ1) is 12.6. The number of benzene rings is 2. The van der Waals surface area contributed by atoms with Crippen molar-refractivity contribution < 1.29 is 28.8 Å². The number of Topliss-reactive ketones (excluding diaryl/α,β-unsaturated/α-hetero) is 1. The molecule has 0 amide bonds. The number of rotatable bonds is 6. The lowest BCUT2D eigenvalue weighted by Gasteiger charge is -2.13. The molecular formula is C20H22O6. The summed E-state index contributed by atoms with van der Waals surface area (Å²) in [4.78, 5) is 12.8. The zero-order valence-corrected chi connectivity index (χ0v) is 15.0. The van der Waals surface area contributed by atoms with Crippen molar-refractivity contribution >= 4 is 5.78 Å². The van der Waals surface area contributed by atoms with E-state index in [-0.39, 0.29) is 17.5 Å². The van der Waals surface area contributed by atoms with Crippen LogP contribution in [0.15, 0.2) is 36.4 Å². The van der Waals surface area contributed by atoms with Gasteiger partial charge in [-0.15, -0.1) is 0 Å². The Morgan fingerprint density at radius 1 is 1.00 bits per heavy atom. The number of phenols is 1. The van der Waals surface area contributed by atoms with E-state index in [1.165, 1.54) is 13.2 Å². The summed E-state index contributed by atoms with van der Waals surface area (Å²) in [6.07, 6.45) is -0.0834. The minimum absolute atomic E-state index is 0.0209. The summed E-state index contributed by atoms with van der Waals surface area (Å²) in [7, 11) is 4.64. The third-order valence-corrected chi connectivity index (χ3v) is 4.56. The molecule has 3 rings (SSSR count). The molecule has 6 heteroatoms. The fourth-order valence-electron chi connectivity index (χ4n) is 3.16. The van der Waals surface area contributed by atoms with Crippen molar-refractivity contribution in [2.45, 2.75) is 12.5 Å². The maximum Gasteiger partial charge on any atom is 0.171 e. The van der Waals surface area contributed by atoms with Gasteiger partial charge in [0, 0.05) is 5.92 Å². The SMILES string of the molecule is COc1cc(C2OCC(Cc3ccc(OC)c(OC)c3)C2=O)ccc1O. The van der Waals surface area contributed by atoms with Crippen LogP contribution in [0.3, 0.4) is 0 Å². The van der Waals surface area contributed by atoms with Crippen molar-refractivity contribution in [2.24, 2.45) is 5.92 Å². The zero-order chi connectivity index (χ0) is 18.7. The van der Waals surface area contributed by atoms with Crippen molar-refractivity contribution in [1.29, 1.82) is 0 Å². The van der Waals surface area contributed by atoms with Crippen molar-refractivity contribution in [1.82, 2.24) is 0 Å². The Hall–Kier alpha value is -2.73. The first-order valence-corrected chi connectivity index (χ1v) is 8.30. The van der Waals surface area contributed by atoms with Gasteiger partial charge < -0.3 is 24.1 Å². The summed E-state index contributed by atoms with van der Waals surface area (Å²) in [5, 5.41) is 9.71. The highest BCUT2D eigenvalue weighted by atomic mass is 16.5. The summed E-state index contributed by atoms with van der Waals surface area (Å²) in [6.45, 7) is 0.348. The number of ketones is 1. The molecule has 2 atom stereocenters. The van der Waals surface area contributed by atoms with Crippen LogP contribution in [-0.2, 0) is 16.0 Å². The maximum atomic E-state index is 12.8. The van der Waals surface area contributed by atoms with E-state index in [1.54, 1.807) is 26.4 Å². The van der Waals surface area contributed by atoms with E-state index >= 15 is 0 Å². The third kappa shape index (κ3) is 3.46. The Bertz CT molecular complexity index is 801. The quantitative estimate of drug-likeness (QED) is 0.856. The molecule has 2 unspecified atom stereocenters. The lowest BCUT2D eigenvalue weighted by molar-refractivity contribution is -0.124. The molecule has 0 aromatic heterocycles. The molecule has 1 fully saturated rings. The van der Waals surface area contributed by atoms with Crippen LogP contribution in [0.2, 0.25) is 0 Å². The van der Waals surface area contributed by atoms with E-state index in [9.17, 15) is 9.90 Å². The van der Waals surface area contributed by atoms with Gasteiger partial charge in [-0.1, -0.05) is 12.1 Å². The lowest BCUT2D eigenvalue weighted by atomic mass is 9.93. The summed E-state index contributed by atoms with van der Waals surface area (Å²) < 4.78 is 21.4. The Morgan fingerprint density at radius 3 is 2.42 bits per heavy atom. The number of phenolic OH excluding ortho intramolecular Hbond substituents is 1. The fraction of sp³-hybridized carbons (Fsp3) is 0.350. The highest BCUT2D eigenvalue weighted by molar-refractivity contribution is 5.88. The monoisotopic (exact) mass is 358 g/mol. The minimum atomic E-state index is -0.644. The number of hydrogen-bond donors (Lipinski definition) is 1. The smallest absolute Gasteiger partial charge is 0.171 e. The van der Waals surface area contributed by atoms with Gasteiger partial charge in [-0.25, -0.2) is 0 Å². The second-order valence-electron chi connectivity index (χ2n) is 6.14. The van der Waals surface area contributed by atoms with E-state index in [2.05, 4.69) is 0 Å². The first kappa shape index (κ1) is 18.1. The number of hydrogen-bond acceptors (Lipinski definition) is 6. The van der Waals surface area contributed by atoms with Crippen LogP contribution in [0.4, 0.5) is 0 Å². The molecule has 0 aliphatic carbocycles. The predicted molar refractivity (Wildman–Crippen MR) is 95.1 cm³/mol. The molecule has 0 spiro atoms. The average molecular weight is 358 g/mol. The van der Waals surface area contributed by atoms with Gasteiger partial charge in [-0.3, -0.25) is 4.79 Å². The summed E-state index contributed by atoms with van der Waals surface area (Å²) in [6, 6.07) is 10.5. The first-order valence-electron chi connectivity index (χ1n) is 8.30. The molecule has 0 radical (unpaired) electrons. The predicted octanol–water partition coefficient (Wildman–Crippen LogP) is 2.92. The van der Waals surface area contributed by atoms with E-state index in [0.717, 1.165) is 5.56 Å². The topological polar surface area (TPSA) is 74.2 Å². The lowest BCUT2D eigenvalue weighted by Crippen LogP contribution is -2.16. The molecule has 1 aliphatic heterocycles. The van der Waals surface area contributed by atoms with Gasteiger partial charge in [-0.05, 0) is 41.8 Å². The molecule has 1 aliphatic rings. The van der Waals surface area contributed by atoms with Crippen LogP contribution < -0.4 is 14.2 Å². The molecule has 26 heavy (non-hydrogen) atoms. The van der Waals surface area contributed by atoms with E-state index < -0.39 is 6.10 Å². The average Bonchev–Trinajstić information content (AvgIpc) is 3.02. The van der Waals surface area contributed by atoms with Crippen molar-refractivity contribution in [3.8, 4) is 23.0 Å². The highest BCUT2D eigenvalue weighted by Crippen LogP contribution is 2.36. The van der Waals surface area contributed by atoms with Crippen molar-refractivity contribution in [3.63, 3.8) is 0 Å².